The minimum atomic E-state index is -0.359. The maximum Gasteiger partial charge on any atom is 0.286 e. The molecule has 9 heteroatoms. The first kappa shape index (κ1) is 22.6. The van der Waals surface area contributed by atoms with Crippen molar-refractivity contribution in [2.24, 2.45) is 0 Å². The van der Waals surface area contributed by atoms with E-state index in [1.165, 1.54) is 16.2 Å². The molecule has 0 aliphatic rings. The number of anilines is 1. The summed E-state index contributed by atoms with van der Waals surface area (Å²) < 4.78 is 5.71. The summed E-state index contributed by atoms with van der Waals surface area (Å²) in [5.74, 6) is 0.237. The Hall–Kier alpha value is -3.56. The van der Waals surface area contributed by atoms with E-state index in [2.05, 4.69) is 20.8 Å². The molecule has 0 radical (unpaired) electrons. The highest BCUT2D eigenvalue weighted by atomic mass is 32.1. The van der Waals surface area contributed by atoms with E-state index in [1.54, 1.807) is 35.6 Å². The highest BCUT2D eigenvalue weighted by Crippen LogP contribution is 2.18. The van der Waals surface area contributed by atoms with E-state index in [1.807, 2.05) is 48.7 Å². The average molecular weight is 479 g/mol. The lowest BCUT2D eigenvalue weighted by Crippen LogP contribution is -2.25. The number of aromatic nitrogens is 2. The minimum Gasteiger partial charge on any atom is -0.486 e. The predicted octanol–water partition coefficient (Wildman–Crippen LogP) is 4.71. The van der Waals surface area contributed by atoms with E-state index < -0.39 is 0 Å². The van der Waals surface area contributed by atoms with Crippen LogP contribution >= 0.6 is 22.7 Å². The summed E-state index contributed by atoms with van der Waals surface area (Å²) in [5.41, 5.74) is 2.21. The van der Waals surface area contributed by atoms with Gasteiger partial charge in [-0.15, -0.1) is 21.5 Å². The Morgan fingerprint density at radius 3 is 2.61 bits per heavy atom. The van der Waals surface area contributed by atoms with Gasteiger partial charge in [-0.25, -0.2) is 0 Å². The number of amides is 2. The lowest BCUT2D eigenvalue weighted by molar-refractivity contribution is 0.0953. The number of rotatable bonds is 9. The zero-order valence-electron chi connectivity index (χ0n) is 17.9. The van der Waals surface area contributed by atoms with Crippen molar-refractivity contribution in [3.05, 3.63) is 92.1 Å². The first-order valence-corrected chi connectivity index (χ1v) is 12.0. The quantitative estimate of drug-likeness (QED) is 0.363. The van der Waals surface area contributed by atoms with Gasteiger partial charge in [-0.05, 0) is 66.8 Å². The molecule has 0 saturated heterocycles. The van der Waals surface area contributed by atoms with Gasteiger partial charge in [0.05, 0.1) is 0 Å². The Morgan fingerprint density at radius 1 is 1.00 bits per heavy atom. The molecule has 4 rings (SSSR count). The summed E-state index contributed by atoms with van der Waals surface area (Å²) in [5, 5.41) is 16.5. The van der Waals surface area contributed by atoms with E-state index >= 15 is 0 Å². The highest BCUT2D eigenvalue weighted by Gasteiger charge is 2.14. The van der Waals surface area contributed by atoms with Crippen LogP contribution in [0, 0.1) is 6.92 Å². The largest absolute Gasteiger partial charge is 0.486 e. The van der Waals surface area contributed by atoms with Crippen LogP contribution in [0.15, 0.2) is 66.0 Å². The molecule has 0 aliphatic heterocycles. The molecule has 168 valence electrons. The minimum absolute atomic E-state index is 0.146. The van der Waals surface area contributed by atoms with E-state index in [0.29, 0.717) is 22.8 Å². The van der Waals surface area contributed by atoms with Crippen molar-refractivity contribution < 1.29 is 14.3 Å². The van der Waals surface area contributed by atoms with Crippen LogP contribution in [0.25, 0.3) is 0 Å². The van der Waals surface area contributed by atoms with Crippen molar-refractivity contribution in [1.82, 2.24) is 15.5 Å². The number of nitrogens with zero attached hydrogens (tertiary/aromatic N) is 2. The van der Waals surface area contributed by atoms with Crippen LogP contribution in [0.3, 0.4) is 0 Å². The second-order valence-corrected chi connectivity index (χ2v) is 9.32. The van der Waals surface area contributed by atoms with E-state index in [0.717, 1.165) is 17.7 Å². The van der Waals surface area contributed by atoms with Crippen LogP contribution in [0.2, 0.25) is 0 Å². The molecule has 0 atom stereocenters. The molecule has 0 fully saturated rings. The summed E-state index contributed by atoms with van der Waals surface area (Å²) >= 11 is 2.85. The number of hydrogen-bond acceptors (Lipinski definition) is 7. The molecule has 0 bridgehead atoms. The first-order chi connectivity index (χ1) is 16.1. The Morgan fingerprint density at radius 2 is 1.85 bits per heavy atom. The van der Waals surface area contributed by atoms with Gasteiger partial charge >= 0.3 is 0 Å². The third kappa shape index (κ3) is 6.47. The molecule has 4 aromatic rings. The van der Waals surface area contributed by atoms with Crippen LogP contribution in [-0.4, -0.2) is 28.6 Å². The molecule has 2 amide bonds. The van der Waals surface area contributed by atoms with E-state index in [4.69, 9.17) is 4.74 Å². The predicted molar refractivity (Wildman–Crippen MR) is 130 cm³/mol. The van der Waals surface area contributed by atoms with Gasteiger partial charge < -0.3 is 15.4 Å². The van der Waals surface area contributed by atoms with Gasteiger partial charge in [0.2, 0.25) is 5.01 Å². The molecule has 7 nitrogen and oxygen atoms in total. The van der Waals surface area contributed by atoms with E-state index in [9.17, 15) is 9.59 Å². The van der Waals surface area contributed by atoms with Crippen LogP contribution < -0.4 is 15.4 Å². The van der Waals surface area contributed by atoms with Gasteiger partial charge in [-0.3, -0.25) is 9.59 Å². The summed E-state index contributed by atoms with van der Waals surface area (Å²) in [4.78, 5) is 26.0. The number of benzene rings is 2. The van der Waals surface area contributed by atoms with Crippen molar-refractivity contribution >= 4 is 40.2 Å². The number of carbonyl (C=O) groups is 2. The molecular weight excluding hydrogens is 456 g/mol. The number of nitrogens with one attached hydrogen (secondary N) is 2. The number of hydrogen-bond donors (Lipinski definition) is 2. The third-order valence-electron chi connectivity index (χ3n) is 4.65. The lowest BCUT2D eigenvalue weighted by Gasteiger charge is -2.06. The molecule has 0 aliphatic carbocycles. The second-order valence-electron chi connectivity index (χ2n) is 7.22. The van der Waals surface area contributed by atoms with Gasteiger partial charge in [0.15, 0.2) is 5.01 Å². The number of thiophene rings is 1. The van der Waals surface area contributed by atoms with Crippen LogP contribution in [0.4, 0.5) is 5.69 Å². The molecule has 33 heavy (non-hydrogen) atoms. The molecule has 0 unspecified atom stereocenters. The normalized spacial score (nSPS) is 10.6. The second kappa shape index (κ2) is 10.8. The summed E-state index contributed by atoms with van der Waals surface area (Å²) in [6, 6.07) is 18.5. The zero-order valence-corrected chi connectivity index (χ0v) is 19.5. The molecule has 2 aromatic heterocycles. The van der Waals surface area contributed by atoms with E-state index in [-0.39, 0.29) is 23.4 Å². The molecule has 0 saturated carbocycles. The van der Waals surface area contributed by atoms with Crippen LogP contribution in [-0.2, 0) is 13.0 Å². The Kier molecular flexibility index (Phi) is 7.43. The maximum absolute atomic E-state index is 12.5. The van der Waals surface area contributed by atoms with Crippen molar-refractivity contribution in [2.45, 2.75) is 20.0 Å². The van der Waals surface area contributed by atoms with Gasteiger partial charge in [-0.2, -0.15) is 0 Å². The van der Waals surface area contributed by atoms with Gasteiger partial charge in [-0.1, -0.05) is 29.5 Å². The van der Waals surface area contributed by atoms with Gasteiger partial charge in [0.25, 0.3) is 11.8 Å². The Bertz CT molecular complexity index is 1220. The van der Waals surface area contributed by atoms with Gasteiger partial charge in [0.1, 0.15) is 12.4 Å². The summed E-state index contributed by atoms with van der Waals surface area (Å²) in [7, 11) is 0. The third-order valence-corrected chi connectivity index (χ3v) is 6.49. The fourth-order valence-corrected chi connectivity index (χ4v) is 4.36. The fraction of sp³-hybridized carbons (Fsp3) is 0.167. The SMILES string of the molecule is Cc1cccc(OCc2nnc(C(=O)Nc3ccc(C(=O)NCCc4cccs4)cc3)s2)c1. The Labute approximate surface area is 199 Å². The summed E-state index contributed by atoms with van der Waals surface area (Å²) in [6.07, 6.45) is 0.803. The molecule has 2 aromatic carbocycles. The standard InChI is InChI=1S/C24H22N4O3S2/c1-16-4-2-5-19(14-16)31-15-21-27-28-24(33-21)23(30)26-18-9-7-17(8-10-18)22(29)25-12-11-20-6-3-13-32-20/h2-10,13-14H,11-12,15H2,1H3,(H,25,29)(H,26,30). The first-order valence-electron chi connectivity index (χ1n) is 10.3. The van der Waals surface area contributed by atoms with Crippen LogP contribution in [0.1, 0.15) is 35.6 Å². The van der Waals surface area contributed by atoms with Crippen molar-refractivity contribution in [3.8, 4) is 5.75 Å². The number of ether oxygens (including phenoxy) is 1. The molecule has 2 heterocycles. The highest BCUT2D eigenvalue weighted by molar-refractivity contribution is 7.13. The van der Waals surface area contributed by atoms with Gasteiger partial charge in [0, 0.05) is 22.7 Å². The average Bonchev–Trinajstić information content (AvgIpc) is 3.51. The maximum atomic E-state index is 12.5. The van der Waals surface area contributed by atoms with Crippen molar-refractivity contribution in [3.63, 3.8) is 0 Å². The topological polar surface area (TPSA) is 93.2 Å². The fourth-order valence-electron chi connectivity index (χ4n) is 3.00. The smallest absolute Gasteiger partial charge is 0.286 e. The van der Waals surface area contributed by atoms with Crippen molar-refractivity contribution in [2.75, 3.05) is 11.9 Å². The summed E-state index contributed by atoms with van der Waals surface area (Å²) in [6.45, 7) is 2.81. The molecule has 0 spiro atoms. The lowest BCUT2D eigenvalue weighted by atomic mass is 10.2. The molecular formula is C24H22N4O3S2. The number of carbonyl (C=O) groups excluding carboxylic acids is 2. The monoisotopic (exact) mass is 478 g/mol. The zero-order chi connectivity index (χ0) is 23.0. The number of aryl methyl sites for hydroxylation is 1. The Balaban J connectivity index is 1.26. The van der Waals surface area contributed by atoms with Crippen molar-refractivity contribution in [1.29, 1.82) is 0 Å². The van der Waals surface area contributed by atoms with Crippen LogP contribution in [0.5, 0.6) is 5.75 Å². The molecule has 2 N–H and O–H groups in total.